The maximum Gasteiger partial charge on any atom is 0.282 e. The number of ether oxygens (including phenoxy) is 2. The molecule has 0 saturated heterocycles. The van der Waals surface area contributed by atoms with E-state index in [0.717, 1.165) is 15.4 Å². The maximum absolute atomic E-state index is 13.7. The van der Waals surface area contributed by atoms with E-state index >= 15 is 0 Å². The molecule has 6 aromatic rings. The Bertz CT molecular complexity index is 2190. The lowest BCUT2D eigenvalue weighted by Gasteiger charge is -2.16. The summed E-state index contributed by atoms with van der Waals surface area (Å²) in [7, 11) is 0. The summed E-state index contributed by atoms with van der Waals surface area (Å²) in [5.74, 6) is 1.02. The molecule has 0 aliphatic carbocycles. The second kappa shape index (κ2) is 13.6. The van der Waals surface area contributed by atoms with E-state index in [1.54, 1.807) is 24.3 Å². The van der Waals surface area contributed by atoms with Gasteiger partial charge >= 0.3 is 0 Å². The van der Waals surface area contributed by atoms with E-state index in [0.29, 0.717) is 60.5 Å². The Morgan fingerprint density at radius 3 is 2.57 bits per heavy atom. The molecule has 0 aliphatic heterocycles. The van der Waals surface area contributed by atoms with Crippen molar-refractivity contribution in [2.24, 2.45) is 5.10 Å². The lowest BCUT2D eigenvalue weighted by molar-refractivity contribution is -0.118. The SMILES string of the molecule is CCOc1cc(C=Nn2c(-c3cc4cc(Br)ccc4o3)nc3ccccc3c2=O)c(Br)c(Br)c1OCC(=O)Nc1ccc(C)cc1. The average Bonchev–Trinajstić information content (AvgIpc) is 3.47. The van der Waals surface area contributed by atoms with Gasteiger partial charge in [-0.2, -0.15) is 9.78 Å². The van der Waals surface area contributed by atoms with Crippen molar-refractivity contribution >= 4 is 87.5 Å². The third kappa shape index (κ3) is 6.64. The van der Waals surface area contributed by atoms with Gasteiger partial charge in [0.1, 0.15) is 5.58 Å². The molecule has 0 spiro atoms. The van der Waals surface area contributed by atoms with Gasteiger partial charge < -0.3 is 19.2 Å². The smallest absolute Gasteiger partial charge is 0.282 e. The van der Waals surface area contributed by atoms with Crippen LogP contribution in [0.15, 0.2) is 107 Å². The zero-order valence-corrected chi connectivity index (χ0v) is 29.3. The van der Waals surface area contributed by atoms with Crippen molar-refractivity contribution in [3.8, 4) is 23.1 Å². The molecular formula is C34H25Br3N4O5. The molecule has 2 aromatic heterocycles. The average molecular weight is 809 g/mol. The van der Waals surface area contributed by atoms with Crippen LogP contribution in [0.25, 0.3) is 33.5 Å². The van der Waals surface area contributed by atoms with Crippen LogP contribution in [0, 0.1) is 6.92 Å². The summed E-state index contributed by atoms with van der Waals surface area (Å²) in [4.78, 5) is 31.1. The minimum atomic E-state index is -0.363. The molecule has 0 saturated carbocycles. The number of fused-ring (bicyclic) bond motifs is 2. The topological polar surface area (TPSA) is 108 Å². The summed E-state index contributed by atoms with van der Waals surface area (Å²) in [6.07, 6.45) is 1.52. The second-order valence-corrected chi connectivity index (χ2v) is 12.7. The first-order valence-electron chi connectivity index (χ1n) is 14.1. The number of rotatable bonds is 9. The Labute approximate surface area is 288 Å². The van der Waals surface area contributed by atoms with E-state index in [1.807, 2.05) is 68.4 Å². The predicted molar refractivity (Wildman–Crippen MR) is 190 cm³/mol. The quantitative estimate of drug-likeness (QED) is 0.147. The first-order valence-corrected chi connectivity index (χ1v) is 16.5. The van der Waals surface area contributed by atoms with Gasteiger partial charge in [-0.3, -0.25) is 9.59 Å². The van der Waals surface area contributed by atoms with Crippen molar-refractivity contribution in [3.63, 3.8) is 0 Å². The van der Waals surface area contributed by atoms with Gasteiger partial charge in [0.25, 0.3) is 11.5 Å². The van der Waals surface area contributed by atoms with Crippen LogP contribution in [0.1, 0.15) is 18.1 Å². The molecule has 1 N–H and O–H groups in total. The molecule has 12 heteroatoms. The van der Waals surface area contributed by atoms with Crippen LogP contribution in [0.4, 0.5) is 5.69 Å². The van der Waals surface area contributed by atoms with E-state index < -0.39 is 0 Å². The van der Waals surface area contributed by atoms with E-state index in [-0.39, 0.29) is 23.9 Å². The van der Waals surface area contributed by atoms with Crippen molar-refractivity contribution < 1.29 is 18.7 Å². The summed E-state index contributed by atoms with van der Waals surface area (Å²) < 4.78 is 21.1. The Hall–Kier alpha value is -4.26. The standard InChI is InChI=1S/C34H25Br3N4O5/c1-3-44-27-16-21(30(36)31(37)32(27)45-18-29(42)39-23-11-8-19(2)9-12-23)17-38-41-33(40-25-7-5-4-6-24(25)34(41)43)28-15-20-14-22(35)10-13-26(20)46-28/h4-17H,3,18H2,1-2H3,(H,39,42). The predicted octanol–water partition coefficient (Wildman–Crippen LogP) is 8.70. The monoisotopic (exact) mass is 806 g/mol. The number of halogens is 3. The number of aromatic nitrogens is 2. The maximum atomic E-state index is 13.7. The highest BCUT2D eigenvalue weighted by Crippen LogP contribution is 2.42. The molecule has 1 amide bonds. The van der Waals surface area contributed by atoms with Crippen molar-refractivity contribution in [1.29, 1.82) is 0 Å². The Morgan fingerprint density at radius 1 is 1.00 bits per heavy atom. The van der Waals surface area contributed by atoms with E-state index in [9.17, 15) is 9.59 Å². The molecule has 0 atom stereocenters. The van der Waals surface area contributed by atoms with E-state index in [1.165, 1.54) is 10.9 Å². The number of benzene rings is 4. The first-order chi connectivity index (χ1) is 22.2. The molecule has 0 aliphatic rings. The van der Waals surface area contributed by atoms with Crippen molar-refractivity contribution in [2.45, 2.75) is 13.8 Å². The fourth-order valence-electron chi connectivity index (χ4n) is 4.70. The molecule has 6 rings (SSSR count). The zero-order valence-electron chi connectivity index (χ0n) is 24.5. The Morgan fingerprint density at radius 2 is 1.78 bits per heavy atom. The van der Waals surface area contributed by atoms with E-state index in [2.05, 4.69) is 58.2 Å². The second-order valence-electron chi connectivity index (χ2n) is 10.2. The number of amides is 1. The number of carbonyl (C=O) groups excluding carboxylic acids is 1. The van der Waals surface area contributed by atoms with Crippen LogP contribution in [0.2, 0.25) is 0 Å². The zero-order chi connectivity index (χ0) is 32.4. The summed E-state index contributed by atoms with van der Waals surface area (Å²) in [6.45, 7) is 3.92. The molecule has 46 heavy (non-hydrogen) atoms. The van der Waals surface area contributed by atoms with Crippen molar-refractivity contribution in [3.05, 3.63) is 114 Å². The molecule has 0 fully saturated rings. The summed E-state index contributed by atoms with van der Waals surface area (Å²) in [5, 5.41) is 8.66. The number of anilines is 1. The number of hydrogen-bond donors (Lipinski definition) is 1. The summed E-state index contributed by atoms with van der Waals surface area (Å²) in [6, 6.07) is 23.7. The van der Waals surface area contributed by atoms with Crippen LogP contribution < -0.4 is 20.3 Å². The summed E-state index contributed by atoms with van der Waals surface area (Å²) in [5.41, 5.74) is 3.14. The number of para-hydroxylation sites is 1. The van der Waals surface area contributed by atoms with Crippen molar-refractivity contribution in [2.75, 3.05) is 18.5 Å². The van der Waals surface area contributed by atoms with Gasteiger partial charge in [0, 0.05) is 25.6 Å². The molecule has 232 valence electrons. The lowest BCUT2D eigenvalue weighted by Crippen LogP contribution is -2.21. The highest BCUT2D eigenvalue weighted by Gasteiger charge is 2.20. The highest BCUT2D eigenvalue weighted by atomic mass is 79.9. The van der Waals surface area contributed by atoms with Crippen molar-refractivity contribution in [1.82, 2.24) is 9.66 Å². The minimum absolute atomic E-state index is 0.243. The van der Waals surface area contributed by atoms with Gasteiger partial charge in [-0.05, 0) is 100 Å². The number of hydrogen-bond acceptors (Lipinski definition) is 7. The third-order valence-corrected chi connectivity index (χ3v) is 9.54. The third-order valence-electron chi connectivity index (χ3n) is 6.90. The van der Waals surface area contributed by atoms with Crippen LogP contribution in [0.5, 0.6) is 11.5 Å². The van der Waals surface area contributed by atoms with Gasteiger partial charge in [0.2, 0.25) is 5.82 Å². The fraction of sp³-hybridized carbons (Fsp3) is 0.118. The van der Waals surface area contributed by atoms with Crippen LogP contribution in [0.3, 0.4) is 0 Å². The lowest BCUT2D eigenvalue weighted by atomic mass is 10.2. The van der Waals surface area contributed by atoms with Gasteiger partial charge in [-0.15, -0.1) is 0 Å². The van der Waals surface area contributed by atoms with Gasteiger partial charge in [-0.25, -0.2) is 4.98 Å². The number of nitrogens with zero attached hydrogens (tertiary/aromatic N) is 3. The first kappa shape index (κ1) is 31.7. The van der Waals surface area contributed by atoms with Crippen LogP contribution in [-0.2, 0) is 4.79 Å². The number of aryl methyl sites for hydroxylation is 1. The molecule has 4 aromatic carbocycles. The minimum Gasteiger partial charge on any atom is -0.490 e. The molecule has 0 unspecified atom stereocenters. The normalized spacial score (nSPS) is 11.4. The molecule has 0 bridgehead atoms. The largest absolute Gasteiger partial charge is 0.490 e. The highest BCUT2D eigenvalue weighted by molar-refractivity contribution is 9.13. The van der Waals surface area contributed by atoms with Gasteiger partial charge in [0.05, 0.1) is 28.2 Å². The number of furan rings is 1. The van der Waals surface area contributed by atoms with Gasteiger partial charge in [-0.1, -0.05) is 45.8 Å². The Kier molecular flexibility index (Phi) is 9.39. The molecule has 2 heterocycles. The fourth-order valence-corrected chi connectivity index (χ4v) is 6.02. The summed E-state index contributed by atoms with van der Waals surface area (Å²) >= 11 is 10.7. The van der Waals surface area contributed by atoms with Crippen LogP contribution in [-0.4, -0.2) is 35.0 Å². The van der Waals surface area contributed by atoms with Crippen LogP contribution >= 0.6 is 47.8 Å². The van der Waals surface area contributed by atoms with E-state index in [4.69, 9.17) is 18.9 Å². The molecular weight excluding hydrogens is 784 g/mol. The number of nitrogens with one attached hydrogen (secondary N) is 1. The number of carbonyl (C=O) groups is 1. The molecule has 9 nitrogen and oxygen atoms in total. The Balaban J connectivity index is 1.36. The van der Waals surface area contributed by atoms with Gasteiger partial charge in [0.15, 0.2) is 23.9 Å². The molecule has 0 radical (unpaired) electrons.